The minimum Gasteiger partial charge on any atom is -0.349 e. The Labute approximate surface area is 180 Å². The minimum atomic E-state index is 0.0461. The molecule has 1 aromatic carbocycles. The average Bonchev–Trinajstić information content (AvgIpc) is 3.09. The van der Waals surface area contributed by atoms with Crippen molar-refractivity contribution in [2.24, 2.45) is 0 Å². The highest BCUT2D eigenvalue weighted by atomic mass is 32.2. The zero-order valence-electron chi connectivity index (χ0n) is 17.2. The molecule has 29 heavy (non-hydrogen) atoms. The molecule has 0 saturated carbocycles. The molecule has 152 valence electrons. The van der Waals surface area contributed by atoms with Crippen LogP contribution in [-0.4, -0.2) is 21.6 Å². The topological polar surface area (TPSA) is 54.9 Å². The number of amides is 1. The van der Waals surface area contributed by atoms with Crippen molar-refractivity contribution in [2.75, 3.05) is 5.75 Å². The van der Waals surface area contributed by atoms with E-state index in [1.54, 1.807) is 11.8 Å². The number of thioether (sulfide) groups is 1. The lowest BCUT2D eigenvalue weighted by atomic mass is 9.97. The number of hydrogen-bond acceptors (Lipinski definition) is 5. The van der Waals surface area contributed by atoms with Gasteiger partial charge < -0.3 is 5.32 Å². The number of thiophene rings is 1. The van der Waals surface area contributed by atoms with Crippen molar-refractivity contribution in [3.63, 3.8) is 0 Å². The van der Waals surface area contributed by atoms with Crippen molar-refractivity contribution in [3.05, 3.63) is 51.7 Å². The van der Waals surface area contributed by atoms with Crippen LogP contribution in [0.4, 0.5) is 0 Å². The van der Waals surface area contributed by atoms with Gasteiger partial charge in [0.15, 0.2) is 0 Å². The van der Waals surface area contributed by atoms with Gasteiger partial charge in [-0.2, -0.15) is 0 Å². The summed E-state index contributed by atoms with van der Waals surface area (Å²) in [4.78, 5) is 24.6. The molecule has 3 aromatic rings. The highest BCUT2D eigenvalue weighted by molar-refractivity contribution is 8.00. The maximum absolute atomic E-state index is 12.7. The molecule has 0 radical (unpaired) electrons. The molecule has 0 fully saturated rings. The third-order valence-electron chi connectivity index (χ3n) is 5.46. The van der Waals surface area contributed by atoms with Gasteiger partial charge in [0.25, 0.3) is 0 Å². The van der Waals surface area contributed by atoms with Crippen LogP contribution in [0.1, 0.15) is 59.6 Å². The number of benzene rings is 1. The predicted octanol–water partition coefficient (Wildman–Crippen LogP) is 5.55. The molecule has 1 N–H and O–H groups in total. The third-order valence-corrected chi connectivity index (χ3v) is 7.62. The van der Waals surface area contributed by atoms with E-state index in [0.717, 1.165) is 40.5 Å². The molecule has 4 nitrogen and oxygen atoms in total. The molecule has 2 aromatic heterocycles. The van der Waals surface area contributed by atoms with Crippen LogP contribution in [0.25, 0.3) is 10.2 Å². The van der Waals surface area contributed by atoms with E-state index < -0.39 is 0 Å². The Hall–Kier alpha value is -1.92. The summed E-state index contributed by atoms with van der Waals surface area (Å²) < 4.78 is 0. The molecule has 0 bridgehead atoms. The molecule has 0 unspecified atom stereocenters. The van der Waals surface area contributed by atoms with E-state index >= 15 is 0 Å². The highest BCUT2D eigenvalue weighted by Crippen LogP contribution is 2.39. The standard InChI is InChI=1S/C23H27N3OS2/c1-4-18(16-11-9-14(2)10-12-16)26-20(27)13-28-22-21-17-7-5-6-8-19(17)29-23(21)25-15(3)24-22/h9-12,18H,4-8,13H2,1-3H3,(H,26,27)/t18-/m0/s1. The van der Waals surface area contributed by atoms with E-state index in [1.165, 1.54) is 34.2 Å². The maximum Gasteiger partial charge on any atom is 0.230 e. The first kappa shape index (κ1) is 20.4. The number of nitrogens with one attached hydrogen (secondary N) is 1. The van der Waals surface area contributed by atoms with Gasteiger partial charge in [0.1, 0.15) is 15.7 Å². The fourth-order valence-electron chi connectivity index (χ4n) is 3.92. The van der Waals surface area contributed by atoms with Crippen LogP contribution in [0.15, 0.2) is 29.3 Å². The smallest absolute Gasteiger partial charge is 0.230 e. The molecule has 1 aliphatic carbocycles. The molecule has 4 rings (SSSR count). The Morgan fingerprint density at radius 3 is 2.69 bits per heavy atom. The van der Waals surface area contributed by atoms with Crippen molar-refractivity contribution < 1.29 is 4.79 Å². The first-order valence-corrected chi connectivity index (χ1v) is 12.1. The first-order valence-electron chi connectivity index (χ1n) is 10.3. The zero-order valence-corrected chi connectivity index (χ0v) is 18.9. The number of aromatic nitrogens is 2. The Morgan fingerprint density at radius 2 is 1.93 bits per heavy atom. The van der Waals surface area contributed by atoms with E-state index in [4.69, 9.17) is 4.98 Å². The van der Waals surface area contributed by atoms with Crippen LogP contribution < -0.4 is 5.32 Å². The van der Waals surface area contributed by atoms with E-state index in [1.807, 2.05) is 18.3 Å². The Bertz CT molecular complexity index is 1030. The molecular formula is C23H27N3OS2. The molecule has 1 atom stereocenters. The van der Waals surface area contributed by atoms with Crippen molar-refractivity contribution in [1.29, 1.82) is 0 Å². The summed E-state index contributed by atoms with van der Waals surface area (Å²) in [6.45, 7) is 6.12. The van der Waals surface area contributed by atoms with Gasteiger partial charge in [0.05, 0.1) is 11.8 Å². The Kier molecular flexibility index (Phi) is 6.20. The summed E-state index contributed by atoms with van der Waals surface area (Å²) in [6, 6.07) is 8.44. The molecule has 6 heteroatoms. The van der Waals surface area contributed by atoms with Gasteiger partial charge >= 0.3 is 0 Å². The number of nitrogens with zero attached hydrogens (tertiary/aromatic N) is 2. The summed E-state index contributed by atoms with van der Waals surface area (Å²) in [5.74, 6) is 1.21. The van der Waals surface area contributed by atoms with Gasteiger partial charge in [-0.3, -0.25) is 4.79 Å². The average molecular weight is 426 g/mol. The number of aryl methyl sites for hydroxylation is 4. The van der Waals surface area contributed by atoms with Crippen LogP contribution in [0.5, 0.6) is 0 Å². The normalized spacial score (nSPS) is 14.6. The van der Waals surface area contributed by atoms with Crippen molar-refractivity contribution >= 4 is 39.2 Å². The molecule has 0 aliphatic heterocycles. The van der Waals surface area contributed by atoms with Crippen molar-refractivity contribution in [2.45, 2.75) is 63.9 Å². The van der Waals surface area contributed by atoms with E-state index in [2.05, 4.69) is 48.4 Å². The van der Waals surface area contributed by atoms with Gasteiger partial charge in [-0.1, -0.05) is 48.5 Å². The lowest BCUT2D eigenvalue weighted by molar-refractivity contribution is -0.119. The fourth-order valence-corrected chi connectivity index (χ4v) is 6.20. The van der Waals surface area contributed by atoms with Crippen molar-refractivity contribution in [3.8, 4) is 0 Å². The molecular weight excluding hydrogens is 398 g/mol. The minimum absolute atomic E-state index is 0.0461. The molecule has 1 aliphatic rings. The lowest BCUT2D eigenvalue weighted by Crippen LogP contribution is -2.29. The number of hydrogen-bond donors (Lipinski definition) is 1. The van der Waals surface area contributed by atoms with Crippen LogP contribution >= 0.6 is 23.1 Å². The second-order valence-corrected chi connectivity index (χ2v) is 9.74. The van der Waals surface area contributed by atoms with E-state index in [-0.39, 0.29) is 11.9 Å². The van der Waals surface area contributed by atoms with E-state index in [9.17, 15) is 4.79 Å². The highest BCUT2D eigenvalue weighted by Gasteiger charge is 2.21. The molecule has 0 saturated heterocycles. The lowest BCUT2D eigenvalue weighted by Gasteiger charge is -2.18. The van der Waals surface area contributed by atoms with Crippen molar-refractivity contribution in [1.82, 2.24) is 15.3 Å². The van der Waals surface area contributed by atoms with Gasteiger partial charge in [-0.05, 0) is 57.1 Å². The van der Waals surface area contributed by atoms with Gasteiger partial charge in [0.2, 0.25) is 5.91 Å². The molecule has 0 spiro atoms. The summed E-state index contributed by atoms with van der Waals surface area (Å²) >= 11 is 3.35. The first-order chi connectivity index (χ1) is 14.0. The summed E-state index contributed by atoms with van der Waals surface area (Å²) in [5.41, 5.74) is 3.81. The quantitative estimate of drug-likeness (QED) is 0.416. The summed E-state index contributed by atoms with van der Waals surface area (Å²) in [7, 11) is 0. The number of fused-ring (bicyclic) bond motifs is 3. The number of rotatable bonds is 6. The van der Waals surface area contributed by atoms with Crippen LogP contribution in [0.3, 0.4) is 0 Å². The third kappa shape index (κ3) is 4.48. The Balaban J connectivity index is 1.49. The fraction of sp³-hybridized carbons (Fsp3) is 0.435. The van der Waals surface area contributed by atoms with Crippen LogP contribution in [-0.2, 0) is 17.6 Å². The summed E-state index contributed by atoms with van der Waals surface area (Å²) in [5, 5.41) is 5.35. The number of carbonyl (C=O) groups is 1. The van der Waals surface area contributed by atoms with Gasteiger partial charge in [-0.25, -0.2) is 9.97 Å². The van der Waals surface area contributed by atoms with Gasteiger partial charge in [0, 0.05) is 10.3 Å². The largest absolute Gasteiger partial charge is 0.349 e. The molecule has 1 amide bonds. The van der Waals surface area contributed by atoms with E-state index in [0.29, 0.717) is 5.75 Å². The maximum atomic E-state index is 12.7. The molecule has 2 heterocycles. The number of carbonyl (C=O) groups excluding carboxylic acids is 1. The van der Waals surface area contributed by atoms with Gasteiger partial charge in [-0.15, -0.1) is 11.3 Å². The van der Waals surface area contributed by atoms with Crippen LogP contribution in [0, 0.1) is 13.8 Å². The van der Waals surface area contributed by atoms with Crippen LogP contribution in [0.2, 0.25) is 0 Å². The monoisotopic (exact) mass is 425 g/mol. The summed E-state index contributed by atoms with van der Waals surface area (Å²) in [6.07, 6.45) is 5.61. The second kappa shape index (κ2) is 8.84. The second-order valence-electron chi connectivity index (χ2n) is 7.69. The Morgan fingerprint density at radius 1 is 1.17 bits per heavy atom. The SMILES string of the molecule is CC[C@H](NC(=O)CSc1nc(C)nc2sc3c(c12)CCCC3)c1ccc(C)cc1. The predicted molar refractivity (Wildman–Crippen MR) is 122 cm³/mol. The zero-order chi connectivity index (χ0) is 20.4.